The Labute approximate surface area is 148 Å². The molecule has 0 rings (SSSR count). The predicted octanol–water partition coefficient (Wildman–Crippen LogP) is 6.47. The SMILES string of the molecule is CC/C=C/CCCCC/C=C/C=C/C=C/C=C/CCC(=O)OCC. The average molecular weight is 331 g/mol. The van der Waals surface area contributed by atoms with E-state index >= 15 is 0 Å². The van der Waals surface area contributed by atoms with Crippen molar-refractivity contribution in [3.8, 4) is 0 Å². The van der Waals surface area contributed by atoms with Gasteiger partial charge in [-0.25, -0.2) is 0 Å². The van der Waals surface area contributed by atoms with Gasteiger partial charge in [-0.05, 0) is 45.4 Å². The van der Waals surface area contributed by atoms with Crippen molar-refractivity contribution in [2.24, 2.45) is 0 Å². The van der Waals surface area contributed by atoms with Crippen LogP contribution in [0.15, 0.2) is 60.8 Å². The Morgan fingerprint density at radius 1 is 0.708 bits per heavy atom. The molecular weight excluding hydrogens is 296 g/mol. The Morgan fingerprint density at radius 2 is 1.29 bits per heavy atom. The third-order valence-corrected chi connectivity index (χ3v) is 3.29. The number of hydrogen-bond donors (Lipinski definition) is 0. The highest BCUT2D eigenvalue weighted by Gasteiger charge is 1.97. The first-order valence-electron chi connectivity index (χ1n) is 9.26. The molecule has 0 radical (unpaired) electrons. The van der Waals surface area contributed by atoms with Crippen LogP contribution >= 0.6 is 0 Å². The van der Waals surface area contributed by atoms with Gasteiger partial charge in [0.05, 0.1) is 6.61 Å². The molecule has 2 nitrogen and oxygen atoms in total. The van der Waals surface area contributed by atoms with Gasteiger partial charge >= 0.3 is 5.97 Å². The molecule has 0 fully saturated rings. The summed E-state index contributed by atoms with van der Waals surface area (Å²) >= 11 is 0. The highest BCUT2D eigenvalue weighted by Crippen LogP contribution is 2.04. The summed E-state index contributed by atoms with van der Waals surface area (Å²) in [4.78, 5) is 11.1. The van der Waals surface area contributed by atoms with Gasteiger partial charge in [-0.3, -0.25) is 4.79 Å². The lowest BCUT2D eigenvalue weighted by Gasteiger charge is -1.97. The largest absolute Gasteiger partial charge is 0.466 e. The quantitative estimate of drug-likeness (QED) is 0.158. The highest BCUT2D eigenvalue weighted by atomic mass is 16.5. The molecule has 0 saturated carbocycles. The van der Waals surface area contributed by atoms with E-state index in [1.807, 2.05) is 43.4 Å². The fourth-order valence-electron chi connectivity index (χ4n) is 2.03. The molecule has 0 spiro atoms. The van der Waals surface area contributed by atoms with E-state index in [1.54, 1.807) is 0 Å². The molecule has 0 atom stereocenters. The molecule has 0 bridgehead atoms. The third-order valence-electron chi connectivity index (χ3n) is 3.29. The Kier molecular flexibility index (Phi) is 17.8. The van der Waals surface area contributed by atoms with E-state index in [1.165, 1.54) is 25.7 Å². The first kappa shape index (κ1) is 22.2. The van der Waals surface area contributed by atoms with Crippen molar-refractivity contribution in [2.45, 2.75) is 65.2 Å². The molecule has 2 heteroatoms. The molecule has 0 N–H and O–H groups in total. The van der Waals surface area contributed by atoms with Gasteiger partial charge in [-0.1, -0.05) is 74.1 Å². The highest BCUT2D eigenvalue weighted by molar-refractivity contribution is 5.69. The van der Waals surface area contributed by atoms with Gasteiger partial charge in [0.25, 0.3) is 0 Å². The lowest BCUT2D eigenvalue weighted by Crippen LogP contribution is -2.02. The molecule has 0 aromatic carbocycles. The van der Waals surface area contributed by atoms with Crippen LogP contribution in [0.25, 0.3) is 0 Å². The molecule has 0 aromatic rings. The zero-order chi connectivity index (χ0) is 17.7. The second-order valence-electron chi connectivity index (χ2n) is 5.49. The number of hydrogen-bond acceptors (Lipinski definition) is 2. The molecule has 24 heavy (non-hydrogen) atoms. The second-order valence-corrected chi connectivity index (χ2v) is 5.49. The van der Waals surface area contributed by atoms with Gasteiger partial charge in [0.15, 0.2) is 0 Å². The van der Waals surface area contributed by atoms with E-state index in [-0.39, 0.29) is 5.97 Å². The molecule has 0 amide bonds. The van der Waals surface area contributed by atoms with E-state index in [9.17, 15) is 4.79 Å². The van der Waals surface area contributed by atoms with Crippen molar-refractivity contribution in [1.29, 1.82) is 0 Å². The van der Waals surface area contributed by atoms with E-state index in [0.717, 1.165) is 19.3 Å². The average Bonchev–Trinajstić information content (AvgIpc) is 2.58. The topological polar surface area (TPSA) is 26.3 Å². The molecule has 0 unspecified atom stereocenters. The van der Waals surface area contributed by atoms with Crippen molar-refractivity contribution in [3.05, 3.63) is 60.8 Å². The van der Waals surface area contributed by atoms with Crippen LogP contribution in [-0.4, -0.2) is 12.6 Å². The predicted molar refractivity (Wildman–Crippen MR) is 105 cm³/mol. The normalized spacial score (nSPS) is 12.6. The van der Waals surface area contributed by atoms with Crippen molar-refractivity contribution in [2.75, 3.05) is 6.61 Å². The maximum atomic E-state index is 11.1. The van der Waals surface area contributed by atoms with Crippen LogP contribution in [-0.2, 0) is 9.53 Å². The van der Waals surface area contributed by atoms with E-state index < -0.39 is 0 Å². The van der Waals surface area contributed by atoms with Crippen LogP contribution in [0.2, 0.25) is 0 Å². The molecule has 134 valence electrons. The zero-order valence-corrected chi connectivity index (χ0v) is 15.5. The fourth-order valence-corrected chi connectivity index (χ4v) is 2.03. The Balaban J connectivity index is 3.52. The van der Waals surface area contributed by atoms with Crippen LogP contribution in [0.5, 0.6) is 0 Å². The van der Waals surface area contributed by atoms with Gasteiger partial charge in [0.1, 0.15) is 0 Å². The molecule has 0 aliphatic rings. The first-order valence-corrected chi connectivity index (χ1v) is 9.26. The number of unbranched alkanes of at least 4 members (excludes halogenated alkanes) is 4. The number of ether oxygens (including phenoxy) is 1. The lowest BCUT2D eigenvalue weighted by atomic mass is 10.1. The molecule has 0 aliphatic carbocycles. The van der Waals surface area contributed by atoms with Crippen molar-refractivity contribution < 1.29 is 9.53 Å². The molecule has 0 aromatic heterocycles. The van der Waals surface area contributed by atoms with E-state index in [4.69, 9.17) is 4.74 Å². The van der Waals surface area contributed by atoms with Crippen LogP contribution in [0.3, 0.4) is 0 Å². The maximum absolute atomic E-state index is 11.1. The minimum absolute atomic E-state index is 0.131. The summed E-state index contributed by atoms with van der Waals surface area (Å²) < 4.78 is 4.86. The minimum Gasteiger partial charge on any atom is -0.466 e. The van der Waals surface area contributed by atoms with Crippen LogP contribution in [0.1, 0.15) is 65.2 Å². The smallest absolute Gasteiger partial charge is 0.306 e. The summed E-state index contributed by atoms with van der Waals surface area (Å²) in [6.07, 6.45) is 29.4. The van der Waals surface area contributed by atoms with Crippen LogP contribution in [0, 0.1) is 0 Å². The molecule has 0 saturated heterocycles. The standard InChI is InChI=1S/C22H34O2/c1-3-5-6-7-8-9-10-11-12-13-14-15-16-17-18-19-20-21-22(23)24-4-2/h5-6,12-19H,3-4,7-11,20-21H2,1-2H3/b6-5+,13-12+,15-14+,17-16+,19-18+. The van der Waals surface area contributed by atoms with Gasteiger partial charge in [-0.15, -0.1) is 0 Å². The fraction of sp³-hybridized carbons (Fsp3) is 0.500. The molecule has 0 heterocycles. The Hall–Kier alpha value is -1.83. The number of carbonyl (C=O) groups excluding carboxylic acids is 1. The van der Waals surface area contributed by atoms with Gasteiger partial charge < -0.3 is 4.74 Å². The molecular formula is C22H34O2. The monoisotopic (exact) mass is 330 g/mol. The summed E-state index contributed by atoms with van der Waals surface area (Å²) in [5, 5.41) is 0. The second kappa shape index (κ2) is 19.2. The number of carbonyl (C=O) groups is 1. The minimum atomic E-state index is -0.131. The van der Waals surface area contributed by atoms with Crippen LogP contribution in [0.4, 0.5) is 0 Å². The van der Waals surface area contributed by atoms with E-state index in [0.29, 0.717) is 13.0 Å². The van der Waals surface area contributed by atoms with Gasteiger partial charge in [-0.2, -0.15) is 0 Å². The Morgan fingerprint density at radius 3 is 1.92 bits per heavy atom. The van der Waals surface area contributed by atoms with Crippen molar-refractivity contribution in [1.82, 2.24) is 0 Å². The summed E-state index contributed by atoms with van der Waals surface area (Å²) in [7, 11) is 0. The third kappa shape index (κ3) is 18.2. The maximum Gasteiger partial charge on any atom is 0.306 e. The Bertz CT molecular complexity index is 425. The number of allylic oxidation sites excluding steroid dienone is 10. The van der Waals surface area contributed by atoms with Crippen LogP contribution < -0.4 is 0 Å². The summed E-state index contributed by atoms with van der Waals surface area (Å²) in [5.41, 5.74) is 0. The molecule has 0 aliphatic heterocycles. The number of rotatable bonds is 14. The van der Waals surface area contributed by atoms with Gasteiger partial charge in [0.2, 0.25) is 0 Å². The summed E-state index contributed by atoms with van der Waals surface area (Å²) in [5.74, 6) is -0.131. The zero-order valence-electron chi connectivity index (χ0n) is 15.5. The first-order chi connectivity index (χ1) is 11.8. The van der Waals surface area contributed by atoms with Gasteiger partial charge in [0, 0.05) is 6.42 Å². The summed E-state index contributed by atoms with van der Waals surface area (Å²) in [6.45, 7) is 4.45. The van der Waals surface area contributed by atoms with Crippen molar-refractivity contribution in [3.63, 3.8) is 0 Å². The van der Waals surface area contributed by atoms with Crippen molar-refractivity contribution >= 4 is 5.97 Å². The van der Waals surface area contributed by atoms with E-state index in [2.05, 4.69) is 31.2 Å². The summed E-state index contributed by atoms with van der Waals surface area (Å²) in [6, 6.07) is 0. The number of esters is 1. The lowest BCUT2D eigenvalue weighted by molar-refractivity contribution is -0.142.